The Morgan fingerprint density at radius 2 is 0.759 bits per heavy atom. The molecular weight excluding hydrogens is 709 g/mol. The number of furan rings is 1. The van der Waals surface area contributed by atoms with Gasteiger partial charge >= 0.3 is 0 Å². The Morgan fingerprint density at radius 1 is 0.310 bits per heavy atom. The van der Waals surface area contributed by atoms with Crippen LogP contribution in [0.1, 0.15) is 0 Å². The maximum absolute atomic E-state index is 6.22. The molecule has 0 bridgehead atoms. The second kappa shape index (κ2) is 12.8. The van der Waals surface area contributed by atoms with Crippen LogP contribution in [-0.2, 0) is 0 Å². The third-order valence-corrected chi connectivity index (χ3v) is 11.4. The topological polar surface area (TPSA) is 56.7 Å². The lowest BCUT2D eigenvalue weighted by molar-refractivity contribution is 0.669. The van der Waals surface area contributed by atoms with Gasteiger partial charge < -0.3 is 8.98 Å². The molecule has 270 valence electrons. The minimum Gasteiger partial charge on any atom is -0.456 e. The lowest BCUT2D eigenvalue weighted by atomic mass is 10.0. The van der Waals surface area contributed by atoms with E-state index in [-0.39, 0.29) is 0 Å². The number of hydrogen-bond acceptors (Lipinski definition) is 4. The molecule has 0 spiro atoms. The molecule has 0 saturated carbocycles. The van der Waals surface area contributed by atoms with Gasteiger partial charge in [-0.2, -0.15) is 0 Å². The first-order chi connectivity index (χ1) is 28.7. The Bertz CT molecular complexity index is 3450. The van der Waals surface area contributed by atoms with Gasteiger partial charge in [0, 0.05) is 43.9 Å². The zero-order valence-electron chi connectivity index (χ0n) is 31.2. The summed E-state index contributed by atoms with van der Waals surface area (Å²) < 4.78 is 8.63. The van der Waals surface area contributed by atoms with Gasteiger partial charge in [0.15, 0.2) is 17.5 Å². The van der Waals surface area contributed by atoms with Gasteiger partial charge in [0.2, 0.25) is 0 Å². The van der Waals surface area contributed by atoms with Gasteiger partial charge in [0.05, 0.1) is 11.0 Å². The van der Waals surface area contributed by atoms with Crippen molar-refractivity contribution in [3.63, 3.8) is 0 Å². The van der Waals surface area contributed by atoms with Gasteiger partial charge in [-0.15, -0.1) is 0 Å². The molecule has 3 heterocycles. The molecule has 5 heteroatoms. The van der Waals surface area contributed by atoms with Gasteiger partial charge in [0.1, 0.15) is 11.2 Å². The van der Waals surface area contributed by atoms with Gasteiger partial charge in [-0.05, 0) is 87.3 Å². The summed E-state index contributed by atoms with van der Waals surface area (Å²) in [5, 5.41) is 9.62. The summed E-state index contributed by atoms with van der Waals surface area (Å²) in [7, 11) is 0. The maximum Gasteiger partial charge on any atom is 0.164 e. The minimum atomic E-state index is 0.594. The molecule has 3 aromatic heterocycles. The summed E-state index contributed by atoms with van der Waals surface area (Å²) in [5.74, 6) is 1.83. The van der Waals surface area contributed by atoms with Crippen LogP contribution in [0.5, 0.6) is 0 Å². The molecule has 0 aliphatic carbocycles. The Balaban J connectivity index is 0.924. The molecule has 9 aromatic carbocycles. The van der Waals surface area contributed by atoms with E-state index in [2.05, 4.69) is 144 Å². The number of hydrogen-bond donors (Lipinski definition) is 0. The van der Waals surface area contributed by atoms with E-state index in [0.717, 1.165) is 55.4 Å². The largest absolute Gasteiger partial charge is 0.456 e. The van der Waals surface area contributed by atoms with E-state index in [4.69, 9.17) is 19.4 Å². The first kappa shape index (κ1) is 32.4. The van der Waals surface area contributed by atoms with Crippen LogP contribution in [0.3, 0.4) is 0 Å². The van der Waals surface area contributed by atoms with Crippen molar-refractivity contribution >= 4 is 65.3 Å². The Labute approximate surface area is 333 Å². The van der Waals surface area contributed by atoms with Crippen LogP contribution in [0, 0.1) is 0 Å². The molecule has 0 atom stereocenters. The van der Waals surface area contributed by atoms with E-state index in [1.165, 1.54) is 43.4 Å². The number of benzene rings is 9. The van der Waals surface area contributed by atoms with Crippen molar-refractivity contribution in [1.29, 1.82) is 0 Å². The van der Waals surface area contributed by atoms with Crippen LogP contribution in [0.15, 0.2) is 199 Å². The summed E-state index contributed by atoms with van der Waals surface area (Å²) in [6.07, 6.45) is 0. The van der Waals surface area contributed by atoms with Crippen LogP contribution >= 0.6 is 0 Å². The first-order valence-corrected chi connectivity index (χ1v) is 19.5. The second-order valence-corrected chi connectivity index (χ2v) is 14.9. The van der Waals surface area contributed by atoms with Crippen molar-refractivity contribution in [1.82, 2.24) is 19.5 Å². The quantitative estimate of drug-likeness (QED) is 0.176. The Morgan fingerprint density at radius 3 is 1.38 bits per heavy atom. The number of fused-ring (bicyclic) bond motifs is 8. The number of rotatable bonds is 5. The molecule has 5 nitrogen and oxygen atoms in total. The predicted molar refractivity (Wildman–Crippen MR) is 238 cm³/mol. The fraction of sp³-hybridized carbons (Fsp3) is 0. The van der Waals surface area contributed by atoms with Gasteiger partial charge in [-0.3, -0.25) is 0 Å². The van der Waals surface area contributed by atoms with Crippen LogP contribution in [0.4, 0.5) is 0 Å². The Kier molecular flexibility index (Phi) is 7.16. The van der Waals surface area contributed by atoms with E-state index >= 15 is 0 Å². The normalized spacial score (nSPS) is 11.8. The van der Waals surface area contributed by atoms with Crippen molar-refractivity contribution in [2.75, 3.05) is 0 Å². The zero-order valence-corrected chi connectivity index (χ0v) is 31.2. The minimum absolute atomic E-state index is 0.594. The molecule has 0 amide bonds. The smallest absolute Gasteiger partial charge is 0.164 e. The summed E-state index contributed by atoms with van der Waals surface area (Å²) >= 11 is 0. The molecule has 12 rings (SSSR count). The highest BCUT2D eigenvalue weighted by atomic mass is 16.3. The molecule has 0 fully saturated rings. The van der Waals surface area contributed by atoms with Crippen molar-refractivity contribution in [2.24, 2.45) is 0 Å². The van der Waals surface area contributed by atoms with E-state index < -0.39 is 0 Å². The average molecular weight is 741 g/mol. The van der Waals surface area contributed by atoms with Crippen molar-refractivity contribution in [2.45, 2.75) is 0 Å². The van der Waals surface area contributed by atoms with Crippen LogP contribution in [0.2, 0.25) is 0 Å². The van der Waals surface area contributed by atoms with Crippen molar-refractivity contribution < 1.29 is 4.42 Å². The van der Waals surface area contributed by atoms with Gasteiger partial charge in [-0.25, -0.2) is 15.0 Å². The van der Waals surface area contributed by atoms with E-state index in [1.807, 2.05) is 54.6 Å². The summed E-state index contributed by atoms with van der Waals surface area (Å²) in [4.78, 5) is 15.0. The van der Waals surface area contributed by atoms with Gasteiger partial charge in [-0.1, -0.05) is 140 Å². The van der Waals surface area contributed by atoms with E-state index in [9.17, 15) is 0 Å². The van der Waals surface area contributed by atoms with Crippen LogP contribution < -0.4 is 0 Å². The molecule has 58 heavy (non-hydrogen) atoms. The van der Waals surface area contributed by atoms with Gasteiger partial charge in [0.25, 0.3) is 0 Å². The second-order valence-electron chi connectivity index (χ2n) is 14.9. The summed E-state index contributed by atoms with van der Waals surface area (Å²) in [6.45, 7) is 0. The van der Waals surface area contributed by atoms with E-state index in [1.54, 1.807) is 0 Å². The lowest BCUT2D eigenvalue weighted by Gasteiger charge is -2.11. The number of nitrogens with zero attached hydrogens (tertiary/aromatic N) is 4. The fourth-order valence-electron chi connectivity index (χ4n) is 8.50. The molecule has 0 saturated heterocycles. The standard InChI is InChI=1S/C53H32N4O/c1-2-10-35(11-3-1)51-54-52(56-53(55-51)41-24-27-44-43-16-8-9-17-49(43)58-50(44)32-41)36-20-18-33(19-21-36)34-22-25-42(26-23-34)57-47-30-39-14-6-4-12-37(39)28-45(47)46-29-38-13-5-7-15-40(38)31-48(46)57/h1-32H. The summed E-state index contributed by atoms with van der Waals surface area (Å²) in [6, 6.07) is 68.3. The highest BCUT2D eigenvalue weighted by molar-refractivity contribution is 6.16. The fourth-order valence-corrected chi connectivity index (χ4v) is 8.50. The first-order valence-electron chi connectivity index (χ1n) is 19.5. The van der Waals surface area contributed by atoms with Crippen molar-refractivity contribution in [3.8, 4) is 51.0 Å². The monoisotopic (exact) mass is 740 g/mol. The molecule has 0 aliphatic rings. The molecule has 0 unspecified atom stereocenters. The molecule has 0 N–H and O–H groups in total. The highest BCUT2D eigenvalue weighted by Crippen LogP contribution is 2.38. The summed E-state index contributed by atoms with van der Waals surface area (Å²) in [5.41, 5.74) is 10.1. The number of para-hydroxylation sites is 1. The maximum atomic E-state index is 6.22. The zero-order chi connectivity index (χ0) is 38.2. The number of aromatic nitrogens is 4. The molecular formula is C53H32N4O. The average Bonchev–Trinajstić information content (AvgIpc) is 3.82. The van der Waals surface area contributed by atoms with Crippen molar-refractivity contribution in [3.05, 3.63) is 194 Å². The lowest BCUT2D eigenvalue weighted by Crippen LogP contribution is -2.00. The van der Waals surface area contributed by atoms with Crippen LogP contribution in [0.25, 0.3) is 116 Å². The molecule has 12 aromatic rings. The SMILES string of the molecule is c1ccc(-c2nc(-c3ccc(-c4ccc(-n5c6cc7ccccc7cc6c6cc7ccccc7cc65)cc4)cc3)nc(-c3ccc4c(c3)oc3ccccc34)n2)cc1. The highest BCUT2D eigenvalue weighted by Gasteiger charge is 2.17. The van der Waals surface area contributed by atoms with E-state index in [0.29, 0.717) is 17.5 Å². The molecule has 0 aliphatic heterocycles. The third kappa shape index (κ3) is 5.29. The predicted octanol–water partition coefficient (Wildman–Crippen LogP) is 13.8. The third-order valence-electron chi connectivity index (χ3n) is 11.4. The molecule has 0 radical (unpaired) electrons. The van der Waals surface area contributed by atoms with Crippen LogP contribution in [-0.4, -0.2) is 19.5 Å². The Hall–Kier alpha value is -7.89.